The van der Waals surface area contributed by atoms with Crippen LogP contribution in [0.2, 0.25) is 0 Å². The number of aliphatic carboxylic acids is 1. The van der Waals surface area contributed by atoms with Crippen LogP contribution in [-0.4, -0.2) is 22.1 Å². The number of aromatic nitrogens is 1. The van der Waals surface area contributed by atoms with Crippen LogP contribution in [0.1, 0.15) is 6.92 Å². The standard InChI is InChI=1S/C12H12N2O3/c1-7(12(16)17)13-10-6-8-4-2-3-5-9(8)11(15)14-10/h2-7H,1H3,(H,16,17)(H2,13,14,15). The zero-order valence-corrected chi connectivity index (χ0v) is 9.23. The van der Waals surface area contributed by atoms with Gasteiger partial charge in [-0.05, 0) is 24.4 Å². The van der Waals surface area contributed by atoms with Gasteiger partial charge in [-0.3, -0.25) is 9.59 Å². The largest absolute Gasteiger partial charge is 0.480 e. The molecule has 1 heterocycles. The Morgan fingerprint density at radius 3 is 2.82 bits per heavy atom. The first-order chi connectivity index (χ1) is 8.08. The summed E-state index contributed by atoms with van der Waals surface area (Å²) < 4.78 is 0. The molecular weight excluding hydrogens is 220 g/mol. The molecule has 1 unspecified atom stereocenters. The fourth-order valence-electron chi connectivity index (χ4n) is 1.58. The second kappa shape index (κ2) is 4.29. The van der Waals surface area contributed by atoms with Gasteiger partial charge in [-0.1, -0.05) is 18.2 Å². The van der Waals surface area contributed by atoms with Crippen molar-refractivity contribution in [1.29, 1.82) is 0 Å². The van der Waals surface area contributed by atoms with E-state index in [-0.39, 0.29) is 5.56 Å². The van der Waals surface area contributed by atoms with E-state index in [4.69, 9.17) is 5.11 Å². The smallest absolute Gasteiger partial charge is 0.325 e. The van der Waals surface area contributed by atoms with Gasteiger partial charge in [0.1, 0.15) is 11.9 Å². The fraction of sp³-hybridized carbons (Fsp3) is 0.167. The van der Waals surface area contributed by atoms with Gasteiger partial charge in [0.2, 0.25) is 0 Å². The van der Waals surface area contributed by atoms with Crippen LogP contribution in [0, 0.1) is 0 Å². The SMILES string of the molecule is CC(Nc1cc2ccccc2c(=O)[nH]1)C(=O)O. The molecule has 0 radical (unpaired) electrons. The number of benzene rings is 1. The Morgan fingerprint density at radius 1 is 1.41 bits per heavy atom. The van der Waals surface area contributed by atoms with Gasteiger partial charge in [0.05, 0.1) is 0 Å². The highest BCUT2D eigenvalue weighted by molar-refractivity contribution is 5.84. The minimum absolute atomic E-state index is 0.233. The van der Waals surface area contributed by atoms with Gasteiger partial charge in [0.25, 0.3) is 5.56 Å². The van der Waals surface area contributed by atoms with Gasteiger partial charge in [-0.2, -0.15) is 0 Å². The molecule has 0 aliphatic heterocycles. The average Bonchev–Trinajstić information content (AvgIpc) is 2.29. The second-order valence-corrected chi connectivity index (χ2v) is 3.80. The number of nitrogens with one attached hydrogen (secondary N) is 2. The monoisotopic (exact) mass is 232 g/mol. The molecule has 17 heavy (non-hydrogen) atoms. The summed E-state index contributed by atoms with van der Waals surface area (Å²) in [7, 11) is 0. The first-order valence-electron chi connectivity index (χ1n) is 5.19. The van der Waals surface area contributed by atoms with Gasteiger partial charge >= 0.3 is 5.97 Å². The molecular formula is C12H12N2O3. The molecule has 2 aromatic rings. The molecule has 0 spiro atoms. The Kier molecular flexibility index (Phi) is 2.82. The van der Waals surface area contributed by atoms with Crippen LogP contribution in [0.15, 0.2) is 35.1 Å². The van der Waals surface area contributed by atoms with E-state index in [2.05, 4.69) is 10.3 Å². The fourth-order valence-corrected chi connectivity index (χ4v) is 1.58. The Bertz CT molecular complexity index is 618. The number of carboxylic acid groups (broad SMARTS) is 1. The van der Waals surface area contributed by atoms with Crippen molar-refractivity contribution in [2.45, 2.75) is 13.0 Å². The van der Waals surface area contributed by atoms with Crippen molar-refractivity contribution >= 4 is 22.6 Å². The number of pyridine rings is 1. The van der Waals surface area contributed by atoms with Gasteiger partial charge < -0.3 is 15.4 Å². The number of carbonyl (C=O) groups is 1. The number of carboxylic acids is 1. The van der Waals surface area contributed by atoms with Crippen LogP contribution < -0.4 is 10.9 Å². The van der Waals surface area contributed by atoms with E-state index in [1.165, 1.54) is 6.92 Å². The first-order valence-corrected chi connectivity index (χ1v) is 5.19. The number of anilines is 1. The summed E-state index contributed by atoms with van der Waals surface area (Å²) >= 11 is 0. The molecule has 1 atom stereocenters. The first kappa shape index (κ1) is 11.2. The van der Waals surface area contributed by atoms with Crippen LogP contribution in [0.4, 0.5) is 5.82 Å². The molecule has 1 aromatic carbocycles. The molecule has 0 amide bonds. The number of hydrogen-bond donors (Lipinski definition) is 3. The van der Waals surface area contributed by atoms with Gasteiger partial charge in [0.15, 0.2) is 0 Å². The summed E-state index contributed by atoms with van der Waals surface area (Å²) in [6.45, 7) is 1.51. The normalized spacial score (nSPS) is 12.3. The molecule has 3 N–H and O–H groups in total. The maximum absolute atomic E-state index is 11.7. The minimum atomic E-state index is -0.973. The van der Waals surface area contributed by atoms with E-state index in [0.29, 0.717) is 11.2 Å². The lowest BCUT2D eigenvalue weighted by atomic mass is 10.2. The zero-order valence-electron chi connectivity index (χ0n) is 9.23. The third kappa shape index (κ3) is 2.28. The molecule has 5 heteroatoms. The van der Waals surface area contributed by atoms with Gasteiger partial charge in [-0.25, -0.2) is 0 Å². The second-order valence-electron chi connectivity index (χ2n) is 3.80. The average molecular weight is 232 g/mol. The highest BCUT2D eigenvalue weighted by atomic mass is 16.4. The lowest BCUT2D eigenvalue weighted by Crippen LogP contribution is -2.26. The van der Waals surface area contributed by atoms with Crippen molar-refractivity contribution in [3.05, 3.63) is 40.7 Å². The Hall–Kier alpha value is -2.30. The molecule has 0 saturated carbocycles. The third-order valence-corrected chi connectivity index (χ3v) is 2.50. The lowest BCUT2D eigenvalue weighted by Gasteiger charge is -2.10. The Morgan fingerprint density at radius 2 is 2.12 bits per heavy atom. The number of fused-ring (bicyclic) bond motifs is 1. The topological polar surface area (TPSA) is 82.2 Å². The van der Waals surface area contributed by atoms with Crippen LogP contribution >= 0.6 is 0 Å². The van der Waals surface area contributed by atoms with E-state index in [9.17, 15) is 9.59 Å². The molecule has 0 aliphatic carbocycles. The maximum Gasteiger partial charge on any atom is 0.325 e. The summed E-state index contributed by atoms with van der Waals surface area (Å²) in [6.07, 6.45) is 0. The summed E-state index contributed by atoms with van der Waals surface area (Å²) in [5.41, 5.74) is -0.233. The zero-order chi connectivity index (χ0) is 12.4. The molecule has 0 fully saturated rings. The van der Waals surface area contributed by atoms with Crippen molar-refractivity contribution in [3.63, 3.8) is 0 Å². The minimum Gasteiger partial charge on any atom is -0.480 e. The predicted octanol–water partition coefficient (Wildman–Crippen LogP) is 1.41. The van der Waals surface area contributed by atoms with E-state index < -0.39 is 12.0 Å². The molecule has 1 aromatic heterocycles. The molecule has 0 bridgehead atoms. The predicted molar refractivity (Wildman–Crippen MR) is 65.3 cm³/mol. The van der Waals surface area contributed by atoms with Crippen molar-refractivity contribution in [1.82, 2.24) is 4.98 Å². The van der Waals surface area contributed by atoms with Crippen molar-refractivity contribution in [3.8, 4) is 0 Å². The van der Waals surface area contributed by atoms with Crippen LogP contribution in [0.25, 0.3) is 10.8 Å². The Balaban J connectivity index is 2.44. The summed E-state index contributed by atoms with van der Waals surface area (Å²) in [5, 5.41) is 12.8. The van der Waals surface area contributed by atoms with Crippen molar-refractivity contribution in [2.24, 2.45) is 0 Å². The maximum atomic E-state index is 11.7. The van der Waals surface area contributed by atoms with Crippen LogP contribution in [0.3, 0.4) is 0 Å². The van der Waals surface area contributed by atoms with E-state index in [1.54, 1.807) is 24.3 Å². The van der Waals surface area contributed by atoms with Gasteiger partial charge in [0, 0.05) is 5.39 Å². The highest BCUT2D eigenvalue weighted by Crippen LogP contribution is 2.13. The molecule has 88 valence electrons. The molecule has 0 aliphatic rings. The molecule has 0 saturated heterocycles. The number of aromatic amines is 1. The number of hydrogen-bond acceptors (Lipinski definition) is 3. The van der Waals surface area contributed by atoms with Gasteiger partial charge in [-0.15, -0.1) is 0 Å². The quantitative estimate of drug-likeness (QED) is 0.747. The molecule has 2 rings (SSSR count). The van der Waals surface area contributed by atoms with Crippen LogP contribution in [0.5, 0.6) is 0 Å². The molecule has 5 nitrogen and oxygen atoms in total. The summed E-state index contributed by atoms with van der Waals surface area (Å²) in [4.78, 5) is 25.0. The number of rotatable bonds is 3. The lowest BCUT2D eigenvalue weighted by molar-refractivity contribution is -0.137. The highest BCUT2D eigenvalue weighted by Gasteiger charge is 2.11. The summed E-state index contributed by atoms with van der Waals surface area (Å²) in [5.74, 6) is -0.567. The van der Waals surface area contributed by atoms with E-state index in [1.807, 2.05) is 6.07 Å². The van der Waals surface area contributed by atoms with E-state index >= 15 is 0 Å². The van der Waals surface area contributed by atoms with Crippen molar-refractivity contribution < 1.29 is 9.90 Å². The third-order valence-electron chi connectivity index (χ3n) is 2.50. The Labute approximate surface area is 97.1 Å². The van der Waals surface area contributed by atoms with E-state index in [0.717, 1.165) is 5.39 Å². The van der Waals surface area contributed by atoms with Crippen LogP contribution in [-0.2, 0) is 4.79 Å². The summed E-state index contributed by atoms with van der Waals surface area (Å²) in [6, 6.07) is 8.10. The number of H-pyrrole nitrogens is 1. The van der Waals surface area contributed by atoms with Crippen molar-refractivity contribution in [2.75, 3.05) is 5.32 Å².